The summed E-state index contributed by atoms with van der Waals surface area (Å²) in [6.45, 7) is 6.26. The summed E-state index contributed by atoms with van der Waals surface area (Å²) in [5, 5.41) is 4.06. The molecule has 1 atom stereocenters. The first-order chi connectivity index (χ1) is 13.9. The van der Waals surface area contributed by atoms with Crippen molar-refractivity contribution in [3.63, 3.8) is 0 Å². The lowest BCUT2D eigenvalue weighted by atomic mass is 9.53. The third-order valence-electron chi connectivity index (χ3n) is 8.04. The molecular formula is C25H37NO3. The van der Waals surface area contributed by atoms with E-state index in [1.54, 1.807) is 14.2 Å². The van der Waals surface area contributed by atoms with Gasteiger partial charge in [0, 0.05) is 12.1 Å². The molecule has 4 heteroatoms. The molecule has 0 amide bonds. The van der Waals surface area contributed by atoms with Crippen molar-refractivity contribution in [2.45, 2.75) is 70.4 Å². The van der Waals surface area contributed by atoms with Gasteiger partial charge >= 0.3 is 0 Å². The fourth-order valence-corrected chi connectivity index (χ4v) is 7.18. The van der Waals surface area contributed by atoms with Gasteiger partial charge in [-0.3, -0.25) is 0 Å². The highest BCUT2D eigenvalue weighted by molar-refractivity contribution is 5.49. The third kappa shape index (κ3) is 3.67. The molecule has 0 saturated heterocycles. The summed E-state index contributed by atoms with van der Waals surface area (Å²) in [6, 6.07) is 4.32. The van der Waals surface area contributed by atoms with Crippen molar-refractivity contribution in [3.05, 3.63) is 23.3 Å². The Balaban J connectivity index is 1.40. The molecule has 1 aromatic rings. The second kappa shape index (κ2) is 7.16. The summed E-state index contributed by atoms with van der Waals surface area (Å²) in [6.07, 6.45) is 9.62. The number of fused-ring (bicyclic) bond motifs is 1. The lowest BCUT2D eigenvalue weighted by Gasteiger charge is -2.57. The maximum atomic E-state index is 6.52. The maximum absolute atomic E-state index is 6.52. The fourth-order valence-electron chi connectivity index (χ4n) is 7.18. The Morgan fingerprint density at radius 3 is 2.14 bits per heavy atom. The highest BCUT2D eigenvalue weighted by Crippen LogP contribution is 2.55. The summed E-state index contributed by atoms with van der Waals surface area (Å²) in [5.41, 5.74) is 3.08. The van der Waals surface area contributed by atoms with Gasteiger partial charge in [-0.2, -0.15) is 0 Å². The molecule has 160 valence electrons. The molecule has 5 aliphatic rings. The zero-order valence-electron chi connectivity index (χ0n) is 18.6. The van der Waals surface area contributed by atoms with E-state index in [2.05, 4.69) is 31.3 Å². The smallest absolute Gasteiger partial charge is 0.161 e. The van der Waals surface area contributed by atoms with Gasteiger partial charge in [-0.05, 0) is 91.4 Å². The number of rotatable bonds is 5. The monoisotopic (exact) mass is 399 g/mol. The van der Waals surface area contributed by atoms with Crippen LogP contribution >= 0.6 is 0 Å². The summed E-state index contributed by atoms with van der Waals surface area (Å²) >= 11 is 0. The predicted molar refractivity (Wildman–Crippen MR) is 115 cm³/mol. The molecule has 6 rings (SSSR count). The highest BCUT2D eigenvalue weighted by atomic mass is 16.5. The standard InChI is InChI=1S/C25H37NO3/c1-24(2)13-19-8-21(27-3)22(28-4)9-20(19)23(29-15-24)14-26-25-10-16-5-17(11-25)7-18(6-16)12-25/h8-9,16-18,23,26H,5-7,10-15H2,1-4H3. The van der Waals surface area contributed by atoms with Gasteiger partial charge in [0.05, 0.1) is 26.9 Å². The molecule has 1 aromatic carbocycles. The molecule has 1 heterocycles. The molecule has 4 aliphatic carbocycles. The minimum Gasteiger partial charge on any atom is -0.493 e. The van der Waals surface area contributed by atoms with Crippen LogP contribution in [0.4, 0.5) is 0 Å². The first-order valence-corrected chi connectivity index (χ1v) is 11.5. The Morgan fingerprint density at radius 1 is 0.966 bits per heavy atom. The molecule has 0 radical (unpaired) electrons. The summed E-state index contributed by atoms with van der Waals surface area (Å²) in [7, 11) is 3.43. The van der Waals surface area contributed by atoms with Crippen LogP contribution in [0.15, 0.2) is 12.1 Å². The Hall–Kier alpha value is -1.26. The number of hydrogen-bond acceptors (Lipinski definition) is 4. The van der Waals surface area contributed by atoms with Crippen LogP contribution in [0.25, 0.3) is 0 Å². The van der Waals surface area contributed by atoms with Crippen molar-refractivity contribution in [1.29, 1.82) is 0 Å². The van der Waals surface area contributed by atoms with Crippen molar-refractivity contribution >= 4 is 0 Å². The van der Waals surface area contributed by atoms with Crippen LogP contribution in [0.5, 0.6) is 11.5 Å². The van der Waals surface area contributed by atoms with Crippen LogP contribution in [0, 0.1) is 23.2 Å². The molecular weight excluding hydrogens is 362 g/mol. The van der Waals surface area contributed by atoms with E-state index in [-0.39, 0.29) is 11.5 Å². The van der Waals surface area contributed by atoms with Gasteiger partial charge in [-0.25, -0.2) is 0 Å². The second-order valence-corrected chi connectivity index (χ2v) is 11.1. The average Bonchev–Trinajstić information content (AvgIpc) is 2.79. The molecule has 4 saturated carbocycles. The zero-order chi connectivity index (χ0) is 20.2. The quantitative estimate of drug-likeness (QED) is 0.764. The van der Waals surface area contributed by atoms with Crippen LogP contribution in [0.1, 0.15) is 69.6 Å². The van der Waals surface area contributed by atoms with Gasteiger partial charge in [0.25, 0.3) is 0 Å². The Bertz CT molecular complexity index is 736. The van der Waals surface area contributed by atoms with E-state index >= 15 is 0 Å². The number of nitrogens with one attached hydrogen (secondary N) is 1. The van der Waals surface area contributed by atoms with Crippen LogP contribution in [-0.4, -0.2) is 32.9 Å². The first kappa shape index (κ1) is 19.7. The summed E-state index contributed by atoms with van der Waals surface area (Å²) in [4.78, 5) is 0. The molecule has 1 aliphatic heterocycles. The molecule has 29 heavy (non-hydrogen) atoms. The van der Waals surface area contributed by atoms with Gasteiger partial charge < -0.3 is 19.5 Å². The Kier molecular flexibility index (Phi) is 4.86. The molecule has 1 N–H and O–H groups in total. The van der Waals surface area contributed by atoms with Gasteiger partial charge in [0.2, 0.25) is 0 Å². The van der Waals surface area contributed by atoms with Gasteiger partial charge in [0.1, 0.15) is 0 Å². The fraction of sp³-hybridized carbons (Fsp3) is 0.760. The first-order valence-electron chi connectivity index (χ1n) is 11.5. The largest absolute Gasteiger partial charge is 0.493 e. The number of ether oxygens (including phenoxy) is 3. The van der Waals surface area contributed by atoms with E-state index in [0.29, 0.717) is 5.54 Å². The molecule has 0 aromatic heterocycles. The van der Waals surface area contributed by atoms with Crippen LogP contribution in [0.3, 0.4) is 0 Å². The minimum atomic E-state index is 0.0691. The van der Waals surface area contributed by atoms with Crippen molar-refractivity contribution in [3.8, 4) is 11.5 Å². The average molecular weight is 400 g/mol. The summed E-state index contributed by atoms with van der Waals surface area (Å²) in [5.74, 6) is 4.49. The van der Waals surface area contributed by atoms with Gasteiger partial charge in [0.15, 0.2) is 11.5 Å². The molecule has 0 spiro atoms. The third-order valence-corrected chi connectivity index (χ3v) is 8.04. The van der Waals surface area contributed by atoms with Crippen molar-refractivity contribution in [2.24, 2.45) is 23.2 Å². The number of benzene rings is 1. The van der Waals surface area contributed by atoms with Gasteiger partial charge in [-0.1, -0.05) is 13.8 Å². The topological polar surface area (TPSA) is 39.7 Å². The predicted octanol–water partition coefficient (Wildman–Crippen LogP) is 4.90. The highest BCUT2D eigenvalue weighted by Gasteiger charge is 2.50. The van der Waals surface area contributed by atoms with Crippen molar-refractivity contribution in [1.82, 2.24) is 5.32 Å². The van der Waals surface area contributed by atoms with E-state index < -0.39 is 0 Å². The second-order valence-electron chi connectivity index (χ2n) is 11.1. The normalized spacial score (nSPS) is 37.1. The summed E-state index contributed by atoms with van der Waals surface area (Å²) < 4.78 is 17.7. The SMILES string of the molecule is COc1cc2c(cc1OC)C(CNC13CC4CC(CC(C4)C1)C3)OCC(C)(C)C2. The molecule has 4 bridgehead atoms. The Labute approximate surface area is 175 Å². The lowest BCUT2D eigenvalue weighted by Crippen LogP contribution is -2.59. The van der Waals surface area contributed by atoms with E-state index in [1.165, 1.54) is 49.7 Å². The van der Waals surface area contributed by atoms with E-state index in [0.717, 1.165) is 48.8 Å². The van der Waals surface area contributed by atoms with E-state index in [9.17, 15) is 0 Å². The van der Waals surface area contributed by atoms with Crippen molar-refractivity contribution < 1.29 is 14.2 Å². The number of hydrogen-bond donors (Lipinski definition) is 1. The molecule has 4 fully saturated rings. The van der Waals surface area contributed by atoms with E-state index in [4.69, 9.17) is 14.2 Å². The molecule has 1 unspecified atom stereocenters. The minimum absolute atomic E-state index is 0.0691. The lowest BCUT2D eigenvalue weighted by molar-refractivity contribution is -0.0366. The van der Waals surface area contributed by atoms with Gasteiger partial charge in [-0.15, -0.1) is 0 Å². The molecule has 4 nitrogen and oxygen atoms in total. The van der Waals surface area contributed by atoms with E-state index in [1.807, 2.05) is 0 Å². The van der Waals surface area contributed by atoms with Crippen LogP contribution in [-0.2, 0) is 11.2 Å². The van der Waals surface area contributed by atoms with Crippen LogP contribution in [0.2, 0.25) is 0 Å². The maximum Gasteiger partial charge on any atom is 0.161 e. The zero-order valence-corrected chi connectivity index (χ0v) is 18.6. The van der Waals surface area contributed by atoms with Crippen molar-refractivity contribution in [2.75, 3.05) is 27.4 Å². The number of methoxy groups -OCH3 is 2. The Morgan fingerprint density at radius 2 is 1.55 bits per heavy atom. The van der Waals surface area contributed by atoms with Crippen LogP contribution < -0.4 is 14.8 Å².